The number of benzene rings is 1. The van der Waals surface area contributed by atoms with E-state index < -0.39 is 6.09 Å². The number of aromatic hydroxyl groups is 1. The standard InChI is InChI=1S/C17H18ClN3O3.2C2H6/c18-12-1-3-13(4-2-12)21-9-7-15(8-10-21)24-17(23)20-16-6-5-14(22)11-19-16;2*1-2/h1-6,11,15,22H,7-10H2,(H,19,20,23);2*1-2H3. The highest BCUT2D eigenvalue weighted by Gasteiger charge is 2.22. The maximum Gasteiger partial charge on any atom is 0.413 e. The van der Waals surface area contributed by atoms with Crippen molar-refractivity contribution in [3.05, 3.63) is 47.6 Å². The Hall–Kier alpha value is -2.47. The minimum absolute atomic E-state index is 0.0449. The summed E-state index contributed by atoms with van der Waals surface area (Å²) in [5, 5.41) is 12.4. The van der Waals surface area contributed by atoms with E-state index in [1.54, 1.807) is 0 Å². The fourth-order valence-electron chi connectivity index (χ4n) is 2.63. The summed E-state index contributed by atoms with van der Waals surface area (Å²) < 4.78 is 5.43. The first-order valence-corrected chi connectivity index (χ1v) is 10.1. The summed E-state index contributed by atoms with van der Waals surface area (Å²) in [7, 11) is 0. The van der Waals surface area contributed by atoms with Crippen molar-refractivity contribution in [3.63, 3.8) is 0 Å². The molecule has 1 amide bonds. The van der Waals surface area contributed by atoms with Crippen LogP contribution in [0.5, 0.6) is 5.75 Å². The molecule has 6 nitrogen and oxygen atoms in total. The molecule has 28 heavy (non-hydrogen) atoms. The Balaban J connectivity index is 0.000000921. The number of amides is 1. The van der Waals surface area contributed by atoms with Crippen molar-refractivity contribution in [1.82, 2.24) is 4.98 Å². The van der Waals surface area contributed by atoms with Gasteiger partial charge in [-0.1, -0.05) is 39.3 Å². The van der Waals surface area contributed by atoms with Crippen LogP contribution in [-0.4, -0.2) is 35.4 Å². The lowest BCUT2D eigenvalue weighted by Crippen LogP contribution is -2.38. The van der Waals surface area contributed by atoms with Gasteiger partial charge in [-0.05, 0) is 36.4 Å². The third-order valence-corrected chi connectivity index (χ3v) is 4.14. The largest absolute Gasteiger partial charge is 0.506 e. The lowest BCUT2D eigenvalue weighted by molar-refractivity contribution is 0.0950. The summed E-state index contributed by atoms with van der Waals surface area (Å²) in [5.74, 6) is 0.389. The van der Waals surface area contributed by atoms with Crippen LogP contribution in [0.1, 0.15) is 40.5 Å². The Kier molecular flexibility index (Phi) is 10.8. The number of rotatable bonds is 3. The second-order valence-corrected chi connectivity index (χ2v) is 6.03. The van der Waals surface area contributed by atoms with Crippen LogP contribution < -0.4 is 10.2 Å². The number of anilines is 2. The van der Waals surface area contributed by atoms with Gasteiger partial charge in [0.05, 0.1) is 6.20 Å². The SMILES string of the molecule is CC.CC.O=C(Nc1ccc(O)cn1)OC1CCN(c2ccc(Cl)cc2)CC1. The minimum atomic E-state index is -0.530. The Morgan fingerprint density at radius 2 is 1.71 bits per heavy atom. The molecule has 1 saturated heterocycles. The van der Waals surface area contributed by atoms with E-state index in [4.69, 9.17) is 21.4 Å². The molecule has 1 fully saturated rings. The maximum atomic E-state index is 11.9. The van der Waals surface area contributed by atoms with Crippen LogP contribution in [0.2, 0.25) is 5.02 Å². The van der Waals surface area contributed by atoms with Crippen molar-refractivity contribution in [2.24, 2.45) is 0 Å². The van der Waals surface area contributed by atoms with E-state index in [1.807, 2.05) is 52.0 Å². The summed E-state index contributed by atoms with van der Waals surface area (Å²) in [6.45, 7) is 9.63. The van der Waals surface area contributed by atoms with Gasteiger partial charge in [0.1, 0.15) is 17.7 Å². The van der Waals surface area contributed by atoms with Gasteiger partial charge in [0.2, 0.25) is 0 Å². The van der Waals surface area contributed by atoms with Gasteiger partial charge in [0.25, 0.3) is 0 Å². The highest BCUT2D eigenvalue weighted by Crippen LogP contribution is 2.23. The predicted molar refractivity (Wildman–Crippen MR) is 115 cm³/mol. The fourth-order valence-corrected chi connectivity index (χ4v) is 2.76. The molecule has 1 aromatic carbocycles. The predicted octanol–water partition coefficient (Wildman–Crippen LogP) is 5.71. The number of piperidine rings is 1. The number of aromatic nitrogens is 1. The zero-order chi connectivity index (χ0) is 20.9. The Morgan fingerprint density at radius 3 is 2.25 bits per heavy atom. The summed E-state index contributed by atoms with van der Waals surface area (Å²) in [6, 6.07) is 10.7. The first kappa shape index (κ1) is 23.6. The maximum absolute atomic E-state index is 11.9. The van der Waals surface area contributed by atoms with Crippen LogP contribution in [0.3, 0.4) is 0 Å². The third-order valence-electron chi connectivity index (χ3n) is 3.89. The number of hydrogen-bond acceptors (Lipinski definition) is 5. The van der Waals surface area contributed by atoms with Gasteiger partial charge >= 0.3 is 6.09 Å². The summed E-state index contributed by atoms with van der Waals surface area (Å²) in [4.78, 5) is 18.0. The van der Waals surface area contributed by atoms with Crippen molar-refractivity contribution in [1.29, 1.82) is 0 Å². The molecule has 0 bridgehead atoms. The number of pyridine rings is 1. The van der Waals surface area contributed by atoms with E-state index in [9.17, 15) is 4.79 Å². The molecule has 0 radical (unpaired) electrons. The van der Waals surface area contributed by atoms with Gasteiger partial charge < -0.3 is 14.7 Å². The molecule has 0 unspecified atom stereocenters. The average molecular weight is 408 g/mol. The number of nitrogens with zero attached hydrogens (tertiary/aromatic N) is 2. The van der Waals surface area contributed by atoms with Crippen LogP contribution in [0.25, 0.3) is 0 Å². The van der Waals surface area contributed by atoms with Crippen molar-refractivity contribution in [2.45, 2.75) is 46.6 Å². The van der Waals surface area contributed by atoms with Gasteiger partial charge in [-0.2, -0.15) is 0 Å². The lowest BCUT2D eigenvalue weighted by Gasteiger charge is -2.33. The summed E-state index contributed by atoms with van der Waals surface area (Å²) >= 11 is 5.90. The molecule has 0 saturated carbocycles. The molecule has 2 heterocycles. The van der Waals surface area contributed by atoms with Crippen molar-refractivity contribution in [3.8, 4) is 5.75 Å². The minimum Gasteiger partial charge on any atom is -0.506 e. The highest BCUT2D eigenvalue weighted by molar-refractivity contribution is 6.30. The Bertz CT molecular complexity index is 685. The van der Waals surface area contributed by atoms with E-state index in [-0.39, 0.29) is 11.9 Å². The van der Waals surface area contributed by atoms with Crippen LogP contribution in [0, 0.1) is 0 Å². The smallest absolute Gasteiger partial charge is 0.413 e. The number of hydrogen-bond donors (Lipinski definition) is 2. The highest BCUT2D eigenvalue weighted by atomic mass is 35.5. The van der Waals surface area contributed by atoms with E-state index in [1.165, 1.54) is 18.3 Å². The molecule has 3 rings (SSSR count). The molecule has 154 valence electrons. The first-order valence-electron chi connectivity index (χ1n) is 9.73. The van der Waals surface area contributed by atoms with E-state index >= 15 is 0 Å². The van der Waals surface area contributed by atoms with Crippen LogP contribution in [0.4, 0.5) is 16.3 Å². The van der Waals surface area contributed by atoms with E-state index in [0.717, 1.165) is 36.6 Å². The topological polar surface area (TPSA) is 74.7 Å². The number of nitrogens with one attached hydrogen (secondary N) is 1. The lowest BCUT2D eigenvalue weighted by atomic mass is 10.1. The molecular formula is C21H30ClN3O3. The number of carbonyl (C=O) groups excluding carboxylic acids is 1. The van der Waals surface area contributed by atoms with Crippen LogP contribution in [-0.2, 0) is 4.74 Å². The first-order chi connectivity index (χ1) is 13.6. The number of ether oxygens (including phenoxy) is 1. The molecule has 0 atom stereocenters. The zero-order valence-corrected chi connectivity index (χ0v) is 17.7. The molecule has 1 aliphatic heterocycles. The van der Waals surface area contributed by atoms with Gasteiger partial charge in [0, 0.05) is 36.6 Å². The molecule has 1 aliphatic rings. The van der Waals surface area contributed by atoms with E-state index in [2.05, 4.69) is 15.2 Å². The molecule has 2 aromatic rings. The second kappa shape index (κ2) is 12.8. The van der Waals surface area contributed by atoms with Gasteiger partial charge in [-0.3, -0.25) is 5.32 Å². The Labute approximate surface area is 172 Å². The quantitative estimate of drug-likeness (QED) is 0.681. The summed E-state index contributed by atoms with van der Waals surface area (Å²) in [6.07, 6.45) is 2.14. The van der Waals surface area contributed by atoms with Crippen LogP contribution >= 0.6 is 11.6 Å². The van der Waals surface area contributed by atoms with Crippen LogP contribution in [0.15, 0.2) is 42.6 Å². The van der Waals surface area contributed by atoms with Gasteiger partial charge in [-0.25, -0.2) is 9.78 Å². The molecule has 7 heteroatoms. The normalized spacial score (nSPS) is 13.4. The molecule has 0 spiro atoms. The number of carbonyl (C=O) groups is 1. The monoisotopic (exact) mass is 407 g/mol. The molecule has 1 aromatic heterocycles. The van der Waals surface area contributed by atoms with Gasteiger partial charge in [0.15, 0.2) is 0 Å². The molecule has 2 N–H and O–H groups in total. The third kappa shape index (κ3) is 7.64. The summed E-state index contributed by atoms with van der Waals surface area (Å²) in [5.41, 5.74) is 1.12. The second-order valence-electron chi connectivity index (χ2n) is 5.59. The molecule has 0 aliphatic carbocycles. The van der Waals surface area contributed by atoms with Crippen molar-refractivity contribution >= 4 is 29.2 Å². The van der Waals surface area contributed by atoms with E-state index in [0.29, 0.717) is 5.82 Å². The fraction of sp³-hybridized carbons (Fsp3) is 0.429. The van der Waals surface area contributed by atoms with Crippen molar-refractivity contribution < 1.29 is 14.6 Å². The van der Waals surface area contributed by atoms with Crippen molar-refractivity contribution in [2.75, 3.05) is 23.3 Å². The zero-order valence-electron chi connectivity index (χ0n) is 17.0. The average Bonchev–Trinajstić information content (AvgIpc) is 2.74. The van der Waals surface area contributed by atoms with Gasteiger partial charge in [-0.15, -0.1) is 0 Å². The number of halogens is 1. The molecular weight excluding hydrogens is 378 g/mol. The Morgan fingerprint density at radius 1 is 1.11 bits per heavy atom.